The fraction of sp³-hybridized carbons (Fsp3) is 0.316. The molecule has 4 heteroatoms. The van der Waals surface area contributed by atoms with Crippen LogP contribution in [0.3, 0.4) is 0 Å². The normalized spacial score (nSPS) is 22.0. The fourth-order valence-corrected chi connectivity index (χ4v) is 3.47. The lowest BCUT2D eigenvalue weighted by Gasteiger charge is -2.37. The zero-order chi connectivity index (χ0) is 16.2. The number of aliphatic carboxylic acids is 1. The molecular formula is C19H20ClNO2. The van der Waals surface area contributed by atoms with E-state index in [2.05, 4.69) is 17.0 Å². The number of hydrogen-bond acceptors (Lipinski definition) is 2. The summed E-state index contributed by atoms with van der Waals surface area (Å²) in [6.45, 7) is 2.43. The van der Waals surface area contributed by atoms with Crippen LogP contribution in [0.4, 0.5) is 0 Å². The average Bonchev–Trinajstić information content (AvgIpc) is 2.56. The molecule has 1 fully saturated rings. The molecule has 120 valence electrons. The van der Waals surface area contributed by atoms with Crippen molar-refractivity contribution >= 4 is 17.6 Å². The van der Waals surface area contributed by atoms with Crippen LogP contribution < -0.4 is 0 Å². The molecule has 1 heterocycles. The molecule has 23 heavy (non-hydrogen) atoms. The van der Waals surface area contributed by atoms with Crippen molar-refractivity contribution in [1.29, 1.82) is 0 Å². The predicted molar refractivity (Wildman–Crippen MR) is 91.7 cm³/mol. The molecule has 0 aliphatic carbocycles. The van der Waals surface area contributed by atoms with Gasteiger partial charge in [-0.3, -0.25) is 9.69 Å². The van der Waals surface area contributed by atoms with Gasteiger partial charge >= 0.3 is 5.97 Å². The number of carboxylic acid groups (broad SMARTS) is 1. The van der Waals surface area contributed by atoms with Crippen molar-refractivity contribution < 1.29 is 9.90 Å². The number of carbonyl (C=O) groups is 1. The maximum Gasteiger partial charge on any atom is 0.307 e. The monoisotopic (exact) mass is 329 g/mol. The van der Waals surface area contributed by atoms with Crippen LogP contribution in [0, 0.1) is 5.92 Å². The van der Waals surface area contributed by atoms with Gasteiger partial charge in [0.25, 0.3) is 0 Å². The van der Waals surface area contributed by atoms with Crippen molar-refractivity contribution in [2.75, 3.05) is 13.1 Å². The molecule has 0 spiro atoms. The van der Waals surface area contributed by atoms with Crippen molar-refractivity contribution in [2.24, 2.45) is 5.92 Å². The highest BCUT2D eigenvalue weighted by Gasteiger charge is 2.34. The van der Waals surface area contributed by atoms with E-state index >= 15 is 0 Å². The van der Waals surface area contributed by atoms with Gasteiger partial charge in [-0.25, -0.2) is 0 Å². The van der Waals surface area contributed by atoms with Crippen LogP contribution in [0.2, 0.25) is 5.02 Å². The van der Waals surface area contributed by atoms with Crippen LogP contribution in [0.15, 0.2) is 54.6 Å². The second-order valence-electron chi connectivity index (χ2n) is 6.11. The molecule has 0 saturated carbocycles. The van der Waals surface area contributed by atoms with Gasteiger partial charge < -0.3 is 5.11 Å². The minimum absolute atomic E-state index is 0.00206. The lowest BCUT2D eigenvalue weighted by molar-refractivity contribution is -0.144. The molecule has 0 radical (unpaired) electrons. The van der Waals surface area contributed by atoms with Gasteiger partial charge in [0.2, 0.25) is 0 Å². The van der Waals surface area contributed by atoms with Crippen molar-refractivity contribution in [3.05, 3.63) is 70.7 Å². The minimum atomic E-state index is -0.704. The van der Waals surface area contributed by atoms with E-state index in [1.54, 1.807) is 0 Å². The van der Waals surface area contributed by atoms with Crippen LogP contribution in [-0.4, -0.2) is 29.1 Å². The van der Waals surface area contributed by atoms with Crippen LogP contribution in [0.1, 0.15) is 23.5 Å². The molecule has 3 rings (SSSR count). The fourth-order valence-electron chi connectivity index (χ4n) is 3.35. The molecule has 2 unspecified atom stereocenters. The Hall–Kier alpha value is -1.84. The van der Waals surface area contributed by atoms with E-state index in [4.69, 9.17) is 11.6 Å². The Morgan fingerprint density at radius 3 is 2.48 bits per heavy atom. The van der Waals surface area contributed by atoms with Crippen molar-refractivity contribution in [1.82, 2.24) is 4.90 Å². The Labute approximate surface area is 141 Å². The SMILES string of the molecule is O=C(O)C1CCN(Cc2ccccc2)CC1c1ccc(Cl)cc1. The van der Waals surface area contributed by atoms with Crippen LogP contribution in [0.25, 0.3) is 0 Å². The van der Waals surface area contributed by atoms with Gasteiger partial charge in [-0.05, 0) is 36.2 Å². The van der Waals surface area contributed by atoms with Gasteiger partial charge in [-0.2, -0.15) is 0 Å². The standard InChI is InChI=1S/C19H20ClNO2/c20-16-8-6-15(7-9-16)18-13-21(11-10-17(18)19(22)23)12-14-4-2-1-3-5-14/h1-9,17-18H,10-13H2,(H,22,23). The van der Waals surface area contributed by atoms with E-state index < -0.39 is 5.97 Å². The highest BCUT2D eigenvalue weighted by molar-refractivity contribution is 6.30. The second-order valence-corrected chi connectivity index (χ2v) is 6.55. The highest BCUT2D eigenvalue weighted by Crippen LogP contribution is 2.33. The average molecular weight is 330 g/mol. The van der Waals surface area contributed by atoms with E-state index in [0.717, 1.165) is 25.2 Å². The van der Waals surface area contributed by atoms with E-state index in [1.165, 1.54) is 5.56 Å². The minimum Gasteiger partial charge on any atom is -0.481 e. The molecule has 3 nitrogen and oxygen atoms in total. The Balaban J connectivity index is 1.78. The summed E-state index contributed by atoms with van der Waals surface area (Å²) < 4.78 is 0. The lowest BCUT2D eigenvalue weighted by Crippen LogP contribution is -2.41. The largest absolute Gasteiger partial charge is 0.481 e. The molecule has 0 bridgehead atoms. The lowest BCUT2D eigenvalue weighted by atomic mass is 9.80. The van der Waals surface area contributed by atoms with Gasteiger partial charge in [0, 0.05) is 24.0 Å². The van der Waals surface area contributed by atoms with Gasteiger partial charge in [-0.15, -0.1) is 0 Å². The van der Waals surface area contributed by atoms with Gasteiger partial charge in [-0.1, -0.05) is 54.1 Å². The number of hydrogen-bond donors (Lipinski definition) is 1. The number of nitrogens with zero attached hydrogens (tertiary/aromatic N) is 1. The topological polar surface area (TPSA) is 40.5 Å². The van der Waals surface area contributed by atoms with Crippen molar-refractivity contribution in [2.45, 2.75) is 18.9 Å². The van der Waals surface area contributed by atoms with Crippen LogP contribution >= 0.6 is 11.6 Å². The molecular weight excluding hydrogens is 310 g/mol. The van der Waals surface area contributed by atoms with E-state index in [0.29, 0.717) is 11.4 Å². The Morgan fingerprint density at radius 2 is 1.83 bits per heavy atom. The first-order valence-electron chi connectivity index (χ1n) is 7.88. The molecule has 0 amide bonds. The molecule has 1 N–H and O–H groups in total. The highest BCUT2D eigenvalue weighted by atomic mass is 35.5. The number of rotatable bonds is 4. The maximum atomic E-state index is 11.6. The molecule has 2 atom stereocenters. The maximum absolute atomic E-state index is 11.6. The Kier molecular flexibility index (Phi) is 4.99. The summed E-state index contributed by atoms with van der Waals surface area (Å²) in [5, 5.41) is 10.2. The third-order valence-corrected chi connectivity index (χ3v) is 4.81. The number of piperidine rings is 1. The summed E-state index contributed by atoms with van der Waals surface area (Å²) >= 11 is 5.96. The molecule has 2 aromatic rings. The van der Waals surface area contributed by atoms with Gasteiger partial charge in [0.15, 0.2) is 0 Å². The smallest absolute Gasteiger partial charge is 0.307 e. The summed E-state index contributed by atoms with van der Waals surface area (Å²) in [5.41, 5.74) is 2.32. The first-order valence-corrected chi connectivity index (χ1v) is 8.26. The summed E-state index contributed by atoms with van der Waals surface area (Å²) in [6, 6.07) is 17.9. The number of likely N-dealkylation sites (tertiary alicyclic amines) is 1. The van der Waals surface area contributed by atoms with Gasteiger partial charge in [0.1, 0.15) is 0 Å². The summed E-state index contributed by atoms with van der Waals surface area (Å²) in [7, 11) is 0. The quantitative estimate of drug-likeness (QED) is 0.920. The van der Waals surface area contributed by atoms with Crippen LogP contribution in [-0.2, 0) is 11.3 Å². The van der Waals surface area contributed by atoms with Crippen molar-refractivity contribution in [3.63, 3.8) is 0 Å². The van der Waals surface area contributed by atoms with E-state index in [1.807, 2.05) is 42.5 Å². The molecule has 0 aromatic heterocycles. The molecule has 2 aromatic carbocycles. The van der Waals surface area contributed by atoms with Crippen LogP contribution in [0.5, 0.6) is 0 Å². The molecule has 1 saturated heterocycles. The number of halogens is 1. The van der Waals surface area contributed by atoms with Gasteiger partial charge in [0.05, 0.1) is 5.92 Å². The van der Waals surface area contributed by atoms with Crippen molar-refractivity contribution in [3.8, 4) is 0 Å². The second kappa shape index (κ2) is 7.16. The first kappa shape index (κ1) is 16.0. The number of carboxylic acids is 1. The number of benzene rings is 2. The summed E-state index contributed by atoms with van der Waals surface area (Å²) in [5.74, 6) is -1.03. The summed E-state index contributed by atoms with van der Waals surface area (Å²) in [6.07, 6.45) is 0.676. The summed E-state index contributed by atoms with van der Waals surface area (Å²) in [4.78, 5) is 14.0. The van der Waals surface area contributed by atoms with E-state index in [9.17, 15) is 9.90 Å². The first-order chi connectivity index (χ1) is 11.1. The zero-order valence-corrected chi connectivity index (χ0v) is 13.6. The van der Waals surface area contributed by atoms with E-state index in [-0.39, 0.29) is 11.8 Å². The Morgan fingerprint density at radius 1 is 1.13 bits per heavy atom. The Bertz CT molecular complexity index is 657. The zero-order valence-electron chi connectivity index (χ0n) is 12.9. The molecule has 1 aliphatic heterocycles. The predicted octanol–water partition coefficient (Wildman–Crippen LogP) is 4.03. The molecule has 1 aliphatic rings. The third kappa shape index (κ3) is 3.92. The third-order valence-electron chi connectivity index (χ3n) is 4.56.